The van der Waals surface area contributed by atoms with Gasteiger partial charge in [-0.05, 0) is 36.6 Å². The van der Waals surface area contributed by atoms with Crippen molar-refractivity contribution in [2.75, 3.05) is 13.7 Å². The molecule has 0 spiro atoms. The van der Waals surface area contributed by atoms with Crippen LogP contribution in [-0.2, 0) is 4.79 Å². The van der Waals surface area contributed by atoms with Crippen LogP contribution in [0.3, 0.4) is 0 Å². The molecule has 0 aliphatic heterocycles. The minimum absolute atomic E-state index is 0.490. The van der Waals surface area contributed by atoms with Crippen molar-refractivity contribution in [1.29, 1.82) is 5.26 Å². The topological polar surface area (TPSA) is 79.6 Å². The number of hydrogen-bond acceptors (Lipinski definition) is 4. The Morgan fingerprint density at radius 2 is 2.20 bits per heavy atom. The molecule has 0 amide bonds. The Balaban J connectivity index is 2.68. The Morgan fingerprint density at radius 1 is 1.40 bits per heavy atom. The van der Waals surface area contributed by atoms with Crippen molar-refractivity contribution in [2.24, 2.45) is 0 Å². The van der Waals surface area contributed by atoms with Crippen molar-refractivity contribution in [3.63, 3.8) is 0 Å². The average Bonchev–Trinajstić information content (AvgIpc) is 2.45. The quantitative estimate of drug-likeness (QED) is 0.583. The maximum atomic E-state index is 10.5. The zero-order valence-corrected chi connectivity index (χ0v) is 11.3. The zero-order valence-electron chi connectivity index (χ0n) is 11.3. The van der Waals surface area contributed by atoms with Gasteiger partial charge in [0.2, 0.25) is 0 Å². The lowest BCUT2D eigenvalue weighted by atomic mass is 10.2. The van der Waals surface area contributed by atoms with E-state index in [-0.39, 0.29) is 0 Å². The predicted molar refractivity (Wildman–Crippen MR) is 74.6 cm³/mol. The second-order valence-corrected chi connectivity index (χ2v) is 4.05. The van der Waals surface area contributed by atoms with Crippen LogP contribution in [0.4, 0.5) is 0 Å². The Bertz CT molecular complexity index is 517. The number of hydrogen-bond donors (Lipinski definition) is 1. The number of nitriles is 1. The number of methoxy groups -OCH3 is 1. The van der Waals surface area contributed by atoms with E-state index in [4.69, 9.17) is 19.8 Å². The van der Waals surface area contributed by atoms with Crippen LogP contribution in [0.1, 0.15) is 24.8 Å². The normalized spacial score (nSPS) is 10.2. The Kier molecular flexibility index (Phi) is 6.69. The average molecular weight is 275 g/mol. The standard InChI is InChI=1S/C15H17NO4/c1-19-13-7-5-12(6-8-15(17)18)11-14(13)20-10-4-2-3-9-16/h5-8,11H,2-4,10H2,1H3,(H,17,18). The van der Waals surface area contributed by atoms with E-state index in [1.807, 2.05) is 0 Å². The lowest BCUT2D eigenvalue weighted by Gasteiger charge is -2.11. The van der Waals surface area contributed by atoms with E-state index in [0.29, 0.717) is 24.5 Å². The summed E-state index contributed by atoms with van der Waals surface area (Å²) in [4.78, 5) is 10.5. The molecule has 0 aliphatic carbocycles. The minimum atomic E-state index is -1.00. The van der Waals surface area contributed by atoms with E-state index in [9.17, 15) is 4.79 Å². The molecule has 1 aromatic carbocycles. The molecule has 5 heteroatoms. The van der Waals surface area contributed by atoms with Crippen molar-refractivity contribution in [3.05, 3.63) is 29.8 Å². The summed E-state index contributed by atoms with van der Waals surface area (Å²) in [5, 5.41) is 17.0. The van der Waals surface area contributed by atoms with Crippen LogP contribution in [0.25, 0.3) is 6.08 Å². The van der Waals surface area contributed by atoms with Gasteiger partial charge in [0.25, 0.3) is 0 Å². The van der Waals surface area contributed by atoms with Crippen LogP contribution in [-0.4, -0.2) is 24.8 Å². The molecule has 0 bridgehead atoms. The molecule has 5 nitrogen and oxygen atoms in total. The summed E-state index contributed by atoms with van der Waals surface area (Å²) in [6, 6.07) is 7.28. The fraction of sp³-hybridized carbons (Fsp3) is 0.333. The fourth-order valence-corrected chi connectivity index (χ4v) is 1.57. The molecule has 0 aliphatic rings. The second kappa shape index (κ2) is 8.59. The molecule has 1 N–H and O–H groups in total. The van der Waals surface area contributed by atoms with Crippen molar-refractivity contribution < 1.29 is 19.4 Å². The van der Waals surface area contributed by atoms with Gasteiger partial charge in [-0.1, -0.05) is 6.07 Å². The molecule has 0 aromatic heterocycles. The van der Waals surface area contributed by atoms with Gasteiger partial charge in [-0.25, -0.2) is 4.79 Å². The highest BCUT2D eigenvalue weighted by atomic mass is 16.5. The van der Waals surface area contributed by atoms with E-state index >= 15 is 0 Å². The number of benzene rings is 1. The number of unbranched alkanes of at least 4 members (excludes halogenated alkanes) is 2. The number of carbonyl (C=O) groups is 1. The van der Waals surface area contributed by atoms with Gasteiger partial charge in [0.1, 0.15) is 0 Å². The number of nitrogens with zero attached hydrogens (tertiary/aromatic N) is 1. The molecule has 0 unspecified atom stereocenters. The van der Waals surface area contributed by atoms with Crippen LogP contribution in [0.2, 0.25) is 0 Å². The summed E-state index contributed by atoms with van der Waals surface area (Å²) < 4.78 is 10.8. The van der Waals surface area contributed by atoms with Gasteiger partial charge in [0.15, 0.2) is 11.5 Å². The van der Waals surface area contributed by atoms with Crippen molar-refractivity contribution in [3.8, 4) is 17.6 Å². The molecule has 0 radical (unpaired) electrons. The third-order valence-electron chi connectivity index (χ3n) is 2.55. The van der Waals surface area contributed by atoms with E-state index in [1.54, 1.807) is 25.3 Å². The van der Waals surface area contributed by atoms with Gasteiger partial charge < -0.3 is 14.6 Å². The van der Waals surface area contributed by atoms with Gasteiger partial charge in [-0.2, -0.15) is 5.26 Å². The summed E-state index contributed by atoms with van der Waals surface area (Å²) in [5.41, 5.74) is 0.722. The molecule has 106 valence electrons. The van der Waals surface area contributed by atoms with Crippen LogP contribution < -0.4 is 9.47 Å². The highest BCUT2D eigenvalue weighted by molar-refractivity contribution is 5.85. The maximum absolute atomic E-state index is 10.5. The first-order valence-corrected chi connectivity index (χ1v) is 6.26. The molecule has 1 rings (SSSR count). The van der Waals surface area contributed by atoms with E-state index in [2.05, 4.69) is 6.07 Å². The molecule has 1 aromatic rings. The Morgan fingerprint density at radius 3 is 2.85 bits per heavy atom. The van der Waals surface area contributed by atoms with Crippen LogP contribution in [0.15, 0.2) is 24.3 Å². The summed E-state index contributed by atoms with van der Waals surface area (Å²) in [5.74, 6) is 0.162. The third-order valence-corrected chi connectivity index (χ3v) is 2.55. The van der Waals surface area contributed by atoms with Crippen LogP contribution >= 0.6 is 0 Å². The van der Waals surface area contributed by atoms with E-state index in [0.717, 1.165) is 24.5 Å². The molecule has 0 atom stereocenters. The summed E-state index contributed by atoms with van der Waals surface area (Å²) >= 11 is 0. The first kappa shape index (κ1) is 15.6. The van der Waals surface area contributed by atoms with Gasteiger partial charge in [0.05, 0.1) is 19.8 Å². The van der Waals surface area contributed by atoms with E-state index in [1.165, 1.54) is 6.08 Å². The maximum Gasteiger partial charge on any atom is 0.328 e. The first-order valence-electron chi connectivity index (χ1n) is 6.26. The Labute approximate surface area is 118 Å². The smallest absolute Gasteiger partial charge is 0.328 e. The van der Waals surface area contributed by atoms with Gasteiger partial charge >= 0.3 is 5.97 Å². The largest absolute Gasteiger partial charge is 0.493 e. The first-order chi connectivity index (χ1) is 9.67. The summed E-state index contributed by atoms with van der Waals surface area (Å²) in [7, 11) is 1.55. The third kappa shape index (κ3) is 5.44. The number of carboxylic acids is 1. The summed E-state index contributed by atoms with van der Waals surface area (Å²) in [6.45, 7) is 0.490. The zero-order chi connectivity index (χ0) is 14.8. The van der Waals surface area contributed by atoms with Crippen molar-refractivity contribution in [1.82, 2.24) is 0 Å². The van der Waals surface area contributed by atoms with Gasteiger partial charge in [-0.3, -0.25) is 0 Å². The number of carboxylic acid groups (broad SMARTS) is 1. The number of ether oxygens (including phenoxy) is 2. The highest BCUT2D eigenvalue weighted by Crippen LogP contribution is 2.28. The number of aliphatic carboxylic acids is 1. The fourth-order valence-electron chi connectivity index (χ4n) is 1.57. The minimum Gasteiger partial charge on any atom is -0.493 e. The molecule has 0 fully saturated rings. The molecular formula is C15H17NO4. The molecule has 0 saturated heterocycles. The monoisotopic (exact) mass is 275 g/mol. The molecular weight excluding hydrogens is 258 g/mol. The predicted octanol–water partition coefficient (Wildman–Crippen LogP) is 2.87. The van der Waals surface area contributed by atoms with E-state index < -0.39 is 5.97 Å². The highest BCUT2D eigenvalue weighted by Gasteiger charge is 2.05. The Hall–Kier alpha value is -2.48. The van der Waals surface area contributed by atoms with Gasteiger partial charge in [0, 0.05) is 12.5 Å². The van der Waals surface area contributed by atoms with Crippen molar-refractivity contribution >= 4 is 12.0 Å². The lowest BCUT2D eigenvalue weighted by molar-refractivity contribution is -0.131. The number of rotatable bonds is 8. The molecule has 0 saturated carbocycles. The van der Waals surface area contributed by atoms with Crippen LogP contribution in [0.5, 0.6) is 11.5 Å². The molecule has 20 heavy (non-hydrogen) atoms. The summed E-state index contributed by atoms with van der Waals surface area (Å²) in [6.07, 6.45) is 4.65. The van der Waals surface area contributed by atoms with Crippen LogP contribution in [0, 0.1) is 11.3 Å². The lowest BCUT2D eigenvalue weighted by Crippen LogP contribution is -1.99. The second-order valence-electron chi connectivity index (χ2n) is 4.05. The molecule has 0 heterocycles. The SMILES string of the molecule is COc1ccc(C=CC(=O)O)cc1OCCCCC#N. The van der Waals surface area contributed by atoms with Gasteiger partial charge in [-0.15, -0.1) is 0 Å². The van der Waals surface area contributed by atoms with Crippen molar-refractivity contribution in [2.45, 2.75) is 19.3 Å².